The van der Waals surface area contributed by atoms with Crippen LogP contribution in [0.25, 0.3) is 0 Å². The molecule has 0 radical (unpaired) electrons. The van der Waals surface area contributed by atoms with Gasteiger partial charge in [-0.2, -0.15) is 13.2 Å². The van der Waals surface area contributed by atoms with E-state index in [1.54, 1.807) is 0 Å². The maximum Gasteiger partial charge on any atom is 0.416 e. The van der Waals surface area contributed by atoms with Gasteiger partial charge in [-0.1, -0.05) is 6.07 Å². The van der Waals surface area contributed by atoms with Crippen molar-refractivity contribution in [1.82, 2.24) is 0 Å². The third-order valence-corrected chi connectivity index (χ3v) is 2.18. The highest BCUT2D eigenvalue weighted by molar-refractivity contribution is 5.74. The zero-order valence-corrected chi connectivity index (χ0v) is 8.66. The lowest BCUT2D eigenvalue weighted by Crippen LogP contribution is -2.21. The molecule has 1 unspecified atom stereocenters. The van der Waals surface area contributed by atoms with Crippen molar-refractivity contribution in [3.8, 4) is 5.75 Å². The Kier molecular flexibility index (Phi) is 3.62. The van der Waals surface area contributed by atoms with Crippen LogP contribution in [0.5, 0.6) is 5.75 Å². The number of carbonyl (C=O) groups is 1. The number of halogens is 3. The quantitative estimate of drug-likeness (QED) is 0.752. The molecule has 0 aliphatic heterocycles. The number of nitrogens with two attached hydrogens (primary N) is 2. The molecule has 5 N–H and O–H groups in total. The molecule has 0 fully saturated rings. The average molecular weight is 248 g/mol. The normalized spacial score (nSPS) is 13.4. The van der Waals surface area contributed by atoms with Gasteiger partial charge in [0.25, 0.3) is 0 Å². The van der Waals surface area contributed by atoms with Crippen molar-refractivity contribution in [2.75, 3.05) is 0 Å². The third-order valence-electron chi connectivity index (χ3n) is 2.18. The van der Waals surface area contributed by atoms with Crippen molar-refractivity contribution < 1.29 is 23.1 Å². The molecule has 0 aromatic heterocycles. The van der Waals surface area contributed by atoms with Crippen LogP contribution in [-0.2, 0) is 11.0 Å². The maximum absolute atomic E-state index is 12.3. The minimum Gasteiger partial charge on any atom is -0.508 e. The molecule has 0 bridgehead atoms. The summed E-state index contributed by atoms with van der Waals surface area (Å²) in [5.41, 5.74) is 9.48. The second-order valence-electron chi connectivity index (χ2n) is 3.55. The highest BCUT2D eigenvalue weighted by atomic mass is 19.4. The van der Waals surface area contributed by atoms with Crippen molar-refractivity contribution >= 4 is 5.91 Å². The van der Waals surface area contributed by atoms with E-state index in [-0.39, 0.29) is 12.0 Å². The Morgan fingerprint density at radius 1 is 1.41 bits per heavy atom. The van der Waals surface area contributed by atoms with Gasteiger partial charge < -0.3 is 16.6 Å². The van der Waals surface area contributed by atoms with Crippen LogP contribution in [0.2, 0.25) is 0 Å². The molecule has 1 aromatic rings. The molecule has 1 aromatic carbocycles. The fraction of sp³-hybridized carbons (Fsp3) is 0.300. The lowest BCUT2D eigenvalue weighted by molar-refractivity contribution is -0.137. The van der Waals surface area contributed by atoms with Crippen LogP contribution in [-0.4, -0.2) is 11.0 Å². The summed E-state index contributed by atoms with van der Waals surface area (Å²) in [6.07, 6.45) is -4.79. The van der Waals surface area contributed by atoms with Crippen LogP contribution >= 0.6 is 0 Å². The molecular formula is C10H11F3N2O2. The van der Waals surface area contributed by atoms with Gasteiger partial charge in [-0.15, -0.1) is 0 Å². The highest BCUT2D eigenvalue weighted by Gasteiger charge is 2.31. The molecule has 94 valence electrons. The molecule has 0 saturated heterocycles. The van der Waals surface area contributed by atoms with Crippen LogP contribution in [0, 0.1) is 0 Å². The van der Waals surface area contributed by atoms with Crippen molar-refractivity contribution in [3.63, 3.8) is 0 Å². The van der Waals surface area contributed by atoms with E-state index < -0.39 is 29.4 Å². The Morgan fingerprint density at radius 3 is 2.41 bits per heavy atom. The first kappa shape index (κ1) is 13.3. The summed E-state index contributed by atoms with van der Waals surface area (Å²) in [6.45, 7) is 0. The first-order valence-corrected chi connectivity index (χ1v) is 4.66. The molecule has 0 aliphatic rings. The Bertz CT molecular complexity index is 432. The van der Waals surface area contributed by atoms with Crippen LogP contribution < -0.4 is 11.5 Å². The van der Waals surface area contributed by atoms with Crippen LogP contribution in [0.3, 0.4) is 0 Å². The molecule has 7 heteroatoms. The van der Waals surface area contributed by atoms with Crippen molar-refractivity contribution in [1.29, 1.82) is 0 Å². The topological polar surface area (TPSA) is 89.3 Å². The van der Waals surface area contributed by atoms with E-state index in [9.17, 15) is 23.1 Å². The number of alkyl halides is 3. The number of benzene rings is 1. The number of hydrogen-bond acceptors (Lipinski definition) is 3. The summed E-state index contributed by atoms with van der Waals surface area (Å²) >= 11 is 0. The first-order valence-electron chi connectivity index (χ1n) is 4.66. The molecule has 1 amide bonds. The Labute approximate surface area is 95.0 Å². The summed E-state index contributed by atoms with van der Waals surface area (Å²) in [5.74, 6) is -1.30. The summed E-state index contributed by atoms with van der Waals surface area (Å²) in [7, 11) is 0. The summed E-state index contributed by atoms with van der Waals surface area (Å²) < 4.78 is 36.9. The van der Waals surface area contributed by atoms with Gasteiger partial charge in [-0.3, -0.25) is 4.79 Å². The predicted octanol–water partition coefficient (Wildman–Crippen LogP) is 1.29. The standard InChI is InChI=1S/C10H11F3N2O2/c11-10(12,13)5-1-2-6(8(16)3-5)7(14)4-9(15)17/h1-3,7,16H,4,14H2,(H2,15,17). The van der Waals surface area contributed by atoms with E-state index >= 15 is 0 Å². The van der Waals surface area contributed by atoms with Crippen molar-refractivity contribution in [2.24, 2.45) is 11.5 Å². The van der Waals surface area contributed by atoms with Crippen molar-refractivity contribution in [2.45, 2.75) is 18.6 Å². The molecule has 0 heterocycles. The minimum atomic E-state index is -4.54. The average Bonchev–Trinajstić information content (AvgIpc) is 2.14. The van der Waals surface area contributed by atoms with E-state index in [2.05, 4.69) is 0 Å². The lowest BCUT2D eigenvalue weighted by Gasteiger charge is -2.14. The summed E-state index contributed by atoms with van der Waals surface area (Å²) in [4.78, 5) is 10.6. The summed E-state index contributed by atoms with van der Waals surface area (Å²) in [5, 5.41) is 9.41. The molecule has 1 rings (SSSR count). The molecule has 0 aliphatic carbocycles. The number of carbonyl (C=O) groups excluding carboxylic acids is 1. The van der Waals surface area contributed by atoms with Crippen molar-refractivity contribution in [3.05, 3.63) is 29.3 Å². The number of aromatic hydroxyl groups is 1. The SMILES string of the molecule is NC(=O)CC(N)c1ccc(C(F)(F)F)cc1O. The van der Waals surface area contributed by atoms with E-state index in [0.29, 0.717) is 6.07 Å². The van der Waals surface area contributed by atoms with Gasteiger partial charge in [0.1, 0.15) is 5.75 Å². The summed E-state index contributed by atoms with van der Waals surface area (Å²) in [6, 6.07) is 1.47. The van der Waals surface area contributed by atoms with E-state index in [0.717, 1.165) is 12.1 Å². The van der Waals surface area contributed by atoms with Crippen LogP contribution in [0.1, 0.15) is 23.6 Å². The first-order chi connectivity index (χ1) is 7.71. The Morgan fingerprint density at radius 2 is 2.00 bits per heavy atom. The second-order valence-corrected chi connectivity index (χ2v) is 3.55. The van der Waals surface area contributed by atoms with Gasteiger partial charge in [0.05, 0.1) is 5.56 Å². The van der Waals surface area contributed by atoms with Gasteiger partial charge in [0.15, 0.2) is 0 Å². The minimum absolute atomic E-state index is 0.0526. The largest absolute Gasteiger partial charge is 0.508 e. The van der Waals surface area contributed by atoms with Gasteiger partial charge in [0.2, 0.25) is 5.91 Å². The van der Waals surface area contributed by atoms with Gasteiger partial charge in [-0.05, 0) is 12.1 Å². The van der Waals surface area contributed by atoms with Gasteiger partial charge >= 0.3 is 6.18 Å². The Balaban J connectivity index is 3.02. The molecule has 0 saturated carbocycles. The van der Waals surface area contributed by atoms with Gasteiger partial charge in [0, 0.05) is 18.0 Å². The molecule has 17 heavy (non-hydrogen) atoms. The highest BCUT2D eigenvalue weighted by Crippen LogP contribution is 2.34. The fourth-order valence-electron chi connectivity index (χ4n) is 1.36. The smallest absolute Gasteiger partial charge is 0.416 e. The Hall–Kier alpha value is -1.76. The lowest BCUT2D eigenvalue weighted by atomic mass is 10.0. The number of phenols is 1. The predicted molar refractivity (Wildman–Crippen MR) is 53.8 cm³/mol. The zero-order valence-electron chi connectivity index (χ0n) is 8.66. The molecule has 1 atom stereocenters. The number of primary amides is 1. The number of hydrogen-bond donors (Lipinski definition) is 3. The van der Waals surface area contributed by atoms with E-state index in [1.807, 2.05) is 0 Å². The maximum atomic E-state index is 12.3. The fourth-order valence-corrected chi connectivity index (χ4v) is 1.36. The van der Waals surface area contributed by atoms with Crippen LogP contribution in [0.4, 0.5) is 13.2 Å². The number of phenolic OH excluding ortho intramolecular Hbond substituents is 1. The number of amides is 1. The van der Waals surface area contributed by atoms with E-state index in [4.69, 9.17) is 11.5 Å². The number of rotatable bonds is 3. The monoisotopic (exact) mass is 248 g/mol. The zero-order chi connectivity index (χ0) is 13.2. The third kappa shape index (κ3) is 3.35. The van der Waals surface area contributed by atoms with E-state index in [1.165, 1.54) is 0 Å². The molecule has 0 spiro atoms. The van der Waals surface area contributed by atoms with Crippen LogP contribution in [0.15, 0.2) is 18.2 Å². The van der Waals surface area contributed by atoms with Gasteiger partial charge in [-0.25, -0.2) is 0 Å². The molecular weight excluding hydrogens is 237 g/mol. The molecule has 4 nitrogen and oxygen atoms in total. The second kappa shape index (κ2) is 4.62.